The van der Waals surface area contributed by atoms with Crippen LogP contribution in [0.4, 0.5) is 0 Å². The van der Waals surface area contributed by atoms with Crippen LogP contribution in [-0.2, 0) is 10.0 Å². The van der Waals surface area contributed by atoms with Gasteiger partial charge in [-0.1, -0.05) is 91.0 Å². The lowest BCUT2D eigenvalue weighted by atomic mass is 10.0. The van der Waals surface area contributed by atoms with Crippen molar-refractivity contribution in [1.82, 2.24) is 8.54 Å². The van der Waals surface area contributed by atoms with Crippen LogP contribution in [0.2, 0.25) is 0 Å². The summed E-state index contributed by atoms with van der Waals surface area (Å²) in [6, 6.07) is 44.5. The molecule has 2 aromatic heterocycles. The highest BCUT2D eigenvalue weighted by atomic mass is 32.2. The average molecular weight is 553 g/mol. The van der Waals surface area contributed by atoms with E-state index in [1.54, 1.807) is 54.6 Å². The van der Waals surface area contributed by atoms with Gasteiger partial charge in [-0.15, -0.1) is 0 Å². The molecule has 7 rings (SSSR count). The first kappa shape index (κ1) is 24.8. The molecule has 0 amide bonds. The fourth-order valence-electron chi connectivity index (χ4n) is 5.43. The van der Waals surface area contributed by atoms with Gasteiger partial charge in [-0.25, -0.2) is 12.4 Å². The summed E-state index contributed by atoms with van der Waals surface area (Å²) in [5.74, 6) is -0.152. The predicted molar refractivity (Wildman–Crippen MR) is 163 cm³/mol. The summed E-state index contributed by atoms with van der Waals surface area (Å²) in [6.07, 6.45) is 0. The van der Waals surface area contributed by atoms with Crippen molar-refractivity contribution in [1.29, 1.82) is 0 Å². The molecule has 5 aromatic carbocycles. The second-order valence-corrected chi connectivity index (χ2v) is 11.6. The molecule has 0 N–H and O–H groups in total. The van der Waals surface area contributed by atoms with Crippen LogP contribution >= 0.6 is 0 Å². The maximum absolute atomic E-state index is 14.1. The van der Waals surface area contributed by atoms with Crippen molar-refractivity contribution >= 4 is 37.6 Å². The Hall–Kier alpha value is -5.20. The lowest BCUT2D eigenvalue weighted by Gasteiger charge is -2.13. The Labute approximate surface area is 237 Å². The van der Waals surface area contributed by atoms with Crippen LogP contribution in [0.3, 0.4) is 0 Å². The number of hydrogen-bond acceptors (Lipinski definition) is 3. The van der Waals surface area contributed by atoms with Crippen LogP contribution in [0.15, 0.2) is 150 Å². The van der Waals surface area contributed by atoms with Crippen LogP contribution in [0, 0.1) is 0 Å². The molecule has 6 heteroatoms. The molecule has 0 fully saturated rings. The summed E-state index contributed by atoms with van der Waals surface area (Å²) in [5, 5.41) is 1.76. The van der Waals surface area contributed by atoms with E-state index in [1.165, 1.54) is 3.97 Å². The molecule has 0 unspecified atom stereocenters. The number of fused-ring (bicyclic) bond motifs is 2. The summed E-state index contributed by atoms with van der Waals surface area (Å²) in [6.45, 7) is 0. The van der Waals surface area contributed by atoms with Gasteiger partial charge in [0.25, 0.3) is 10.0 Å². The Morgan fingerprint density at radius 2 is 1.17 bits per heavy atom. The van der Waals surface area contributed by atoms with E-state index in [4.69, 9.17) is 0 Å². The molecular weight excluding hydrogens is 528 g/mol. The molecule has 198 valence electrons. The molecule has 0 spiro atoms. The van der Waals surface area contributed by atoms with E-state index in [0.717, 1.165) is 22.0 Å². The summed E-state index contributed by atoms with van der Waals surface area (Å²) in [7, 11) is -3.92. The van der Waals surface area contributed by atoms with Crippen molar-refractivity contribution in [3.63, 3.8) is 0 Å². The zero-order valence-electron chi connectivity index (χ0n) is 21.9. The van der Waals surface area contributed by atoms with Gasteiger partial charge in [-0.2, -0.15) is 0 Å². The first-order chi connectivity index (χ1) is 20.0. The second kappa shape index (κ2) is 9.77. The molecule has 0 radical (unpaired) electrons. The van der Waals surface area contributed by atoms with Gasteiger partial charge in [-0.3, -0.25) is 4.79 Å². The molecule has 0 atom stereocenters. The highest BCUT2D eigenvalue weighted by Crippen LogP contribution is 2.33. The van der Waals surface area contributed by atoms with Gasteiger partial charge >= 0.3 is 0 Å². The number of carbonyl (C=O) groups excluding carboxylic acids is 1. The van der Waals surface area contributed by atoms with Crippen molar-refractivity contribution in [2.45, 2.75) is 4.90 Å². The van der Waals surface area contributed by atoms with Gasteiger partial charge in [0, 0.05) is 22.0 Å². The second-order valence-electron chi connectivity index (χ2n) is 9.84. The van der Waals surface area contributed by atoms with Gasteiger partial charge in [-0.05, 0) is 60.2 Å². The van der Waals surface area contributed by atoms with Crippen molar-refractivity contribution < 1.29 is 13.2 Å². The van der Waals surface area contributed by atoms with E-state index in [0.29, 0.717) is 28.0 Å². The Kier molecular flexibility index (Phi) is 5.91. The van der Waals surface area contributed by atoms with E-state index >= 15 is 0 Å². The largest absolute Gasteiger partial charge is 0.306 e. The Morgan fingerprint density at radius 1 is 0.561 bits per heavy atom. The predicted octanol–water partition coefficient (Wildman–Crippen LogP) is 7.72. The minimum absolute atomic E-state index is 0.152. The van der Waals surface area contributed by atoms with Crippen molar-refractivity contribution in [2.24, 2.45) is 0 Å². The molecule has 0 saturated carbocycles. The van der Waals surface area contributed by atoms with Crippen LogP contribution in [0.25, 0.3) is 38.8 Å². The molecule has 0 bridgehead atoms. The van der Waals surface area contributed by atoms with Gasteiger partial charge in [0.2, 0.25) is 5.78 Å². The van der Waals surface area contributed by atoms with E-state index in [-0.39, 0.29) is 10.7 Å². The SMILES string of the molecule is O=C(c1cccc(-c2cc3ccccc3n2S(=O)(=O)c2ccccc2)c1)c1cc2ccccc2n1-c1ccccc1. The fourth-order valence-corrected chi connectivity index (χ4v) is 6.99. The van der Waals surface area contributed by atoms with Gasteiger partial charge in [0.15, 0.2) is 0 Å². The number of rotatable bonds is 6. The van der Waals surface area contributed by atoms with Gasteiger partial charge in [0.1, 0.15) is 0 Å². The van der Waals surface area contributed by atoms with E-state index < -0.39 is 10.0 Å². The fraction of sp³-hybridized carbons (Fsp3) is 0. The van der Waals surface area contributed by atoms with Gasteiger partial charge < -0.3 is 4.57 Å². The monoisotopic (exact) mass is 552 g/mol. The van der Waals surface area contributed by atoms with Gasteiger partial charge in [0.05, 0.1) is 27.3 Å². The first-order valence-corrected chi connectivity index (χ1v) is 14.7. The average Bonchev–Trinajstić information content (AvgIpc) is 3.61. The van der Waals surface area contributed by atoms with Crippen LogP contribution in [0.1, 0.15) is 16.1 Å². The van der Waals surface area contributed by atoms with Crippen LogP contribution < -0.4 is 0 Å². The van der Waals surface area contributed by atoms with Crippen LogP contribution in [0.5, 0.6) is 0 Å². The summed E-state index contributed by atoms with van der Waals surface area (Å²) in [4.78, 5) is 14.3. The molecule has 0 aliphatic rings. The summed E-state index contributed by atoms with van der Waals surface area (Å²) >= 11 is 0. The smallest absolute Gasteiger partial charge is 0.268 e. The molecule has 0 aliphatic heterocycles. The topological polar surface area (TPSA) is 61.1 Å². The van der Waals surface area contributed by atoms with E-state index in [1.807, 2.05) is 95.6 Å². The number of ketones is 1. The maximum atomic E-state index is 14.1. The number of nitrogens with zero attached hydrogens (tertiary/aromatic N) is 2. The first-order valence-electron chi connectivity index (χ1n) is 13.2. The van der Waals surface area contributed by atoms with Crippen molar-refractivity contribution in [2.75, 3.05) is 0 Å². The highest BCUT2D eigenvalue weighted by molar-refractivity contribution is 7.90. The number of carbonyl (C=O) groups is 1. The Balaban J connectivity index is 1.40. The lowest BCUT2D eigenvalue weighted by molar-refractivity contribution is 0.103. The molecule has 7 aromatic rings. The molecule has 5 nitrogen and oxygen atoms in total. The summed E-state index contributed by atoms with van der Waals surface area (Å²) in [5.41, 5.74) is 4.53. The third-order valence-electron chi connectivity index (χ3n) is 7.33. The molecule has 41 heavy (non-hydrogen) atoms. The Bertz CT molecular complexity index is 2180. The molecule has 0 aliphatic carbocycles. The molecule has 0 saturated heterocycles. The zero-order chi connectivity index (χ0) is 28.0. The summed E-state index contributed by atoms with van der Waals surface area (Å²) < 4.78 is 31.2. The minimum Gasteiger partial charge on any atom is -0.306 e. The normalized spacial score (nSPS) is 11.7. The third kappa shape index (κ3) is 4.17. The molecule has 2 heterocycles. The molecular formula is C35H24N2O3S. The van der Waals surface area contributed by atoms with E-state index in [2.05, 4.69) is 0 Å². The maximum Gasteiger partial charge on any atom is 0.268 e. The minimum atomic E-state index is -3.92. The van der Waals surface area contributed by atoms with E-state index in [9.17, 15) is 13.2 Å². The van der Waals surface area contributed by atoms with Crippen molar-refractivity contribution in [3.8, 4) is 16.9 Å². The third-order valence-corrected chi connectivity index (χ3v) is 9.07. The lowest BCUT2D eigenvalue weighted by Crippen LogP contribution is -2.14. The Morgan fingerprint density at radius 3 is 1.90 bits per heavy atom. The zero-order valence-corrected chi connectivity index (χ0v) is 22.7. The van der Waals surface area contributed by atoms with Crippen LogP contribution in [-0.4, -0.2) is 22.7 Å². The number of benzene rings is 5. The number of para-hydroxylation sites is 3. The van der Waals surface area contributed by atoms with Crippen molar-refractivity contribution in [3.05, 3.63) is 157 Å². The highest BCUT2D eigenvalue weighted by Gasteiger charge is 2.25. The quantitative estimate of drug-likeness (QED) is 0.199. The standard InChI is InChI=1S/C35H24N2O3S/c38-35(34-24-26-12-7-9-20-31(26)36(34)29-16-3-1-4-17-29)28-15-11-14-25(22-28)33-23-27-13-8-10-21-32(27)37(33)41(39,40)30-18-5-2-6-19-30/h1-24H. The number of aromatic nitrogens is 2. The number of hydrogen-bond donors (Lipinski definition) is 0.